The third-order valence-corrected chi connectivity index (χ3v) is 4.55. The van der Waals surface area contributed by atoms with E-state index < -0.39 is 0 Å². The Balaban J connectivity index is 1.63. The number of fused-ring (bicyclic) bond motifs is 1. The highest BCUT2D eigenvalue weighted by Crippen LogP contribution is 2.27. The van der Waals surface area contributed by atoms with Crippen molar-refractivity contribution in [1.82, 2.24) is 25.1 Å². The largest absolute Gasteiger partial charge is 0.365 e. The van der Waals surface area contributed by atoms with Gasteiger partial charge < -0.3 is 10.2 Å². The molecular weight excluding hydrogens is 328 g/mol. The summed E-state index contributed by atoms with van der Waals surface area (Å²) < 4.78 is 0. The standard InChI is InChI=1S/C19H20N6O/c1-2-5-17(26)25-9-8-14(11-25)22-18-15-7-4-3-6-13(15)10-16(23-18)19-20-12-21-24-19/h2-7,10,12,14H,8-9,11H2,1H3,(H,22,23)(H,20,21,24). The number of pyridine rings is 1. The van der Waals surface area contributed by atoms with Gasteiger partial charge in [-0.1, -0.05) is 30.3 Å². The fourth-order valence-corrected chi connectivity index (χ4v) is 3.28. The second-order valence-corrected chi connectivity index (χ2v) is 6.33. The van der Waals surface area contributed by atoms with Crippen LogP contribution in [0, 0.1) is 0 Å². The molecule has 3 aromatic rings. The highest BCUT2D eigenvalue weighted by atomic mass is 16.2. The molecule has 1 amide bonds. The topological polar surface area (TPSA) is 86.8 Å². The van der Waals surface area contributed by atoms with Crippen LogP contribution in [-0.4, -0.2) is 50.1 Å². The summed E-state index contributed by atoms with van der Waals surface area (Å²) in [5, 5.41) is 12.4. The lowest BCUT2D eigenvalue weighted by molar-refractivity contribution is -0.125. The van der Waals surface area contributed by atoms with Crippen molar-refractivity contribution in [3.05, 3.63) is 48.8 Å². The van der Waals surface area contributed by atoms with Crippen LogP contribution in [0.1, 0.15) is 13.3 Å². The Morgan fingerprint density at radius 2 is 2.27 bits per heavy atom. The summed E-state index contributed by atoms with van der Waals surface area (Å²) in [6.07, 6.45) is 5.76. The second kappa shape index (κ2) is 6.95. The molecule has 3 heterocycles. The Kier molecular flexibility index (Phi) is 4.35. The summed E-state index contributed by atoms with van der Waals surface area (Å²) in [5.74, 6) is 1.50. The highest BCUT2D eigenvalue weighted by molar-refractivity contribution is 5.94. The van der Waals surface area contributed by atoms with Gasteiger partial charge in [-0.2, -0.15) is 5.10 Å². The third-order valence-electron chi connectivity index (χ3n) is 4.55. The normalized spacial score (nSPS) is 17.3. The molecule has 26 heavy (non-hydrogen) atoms. The number of benzene rings is 1. The van der Waals surface area contributed by atoms with Gasteiger partial charge in [0, 0.05) is 24.5 Å². The van der Waals surface area contributed by atoms with Crippen LogP contribution >= 0.6 is 0 Å². The minimum absolute atomic E-state index is 0.0602. The first-order valence-electron chi connectivity index (χ1n) is 8.68. The molecule has 4 rings (SSSR count). The van der Waals surface area contributed by atoms with Gasteiger partial charge in [0.05, 0.1) is 0 Å². The number of hydrogen-bond donors (Lipinski definition) is 2. The van der Waals surface area contributed by atoms with E-state index in [4.69, 9.17) is 4.98 Å². The zero-order valence-corrected chi connectivity index (χ0v) is 14.5. The van der Waals surface area contributed by atoms with Gasteiger partial charge in [-0.15, -0.1) is 0 Å². The Hall–Kier alpha value is -3.22. The molecule has 1 aliphatic rings. The molecule has 0 aliphatic carbocycles. The summed E-state index contributed by atoms with van der Waals surface area (Å²) >= 11 is 0. The van der Waals surface area contributed by atoms with Gasteiger partial charge in [0.1, 0.15) is 17.8 Å². The summed E-state index contributed by atoms with van der Waals surface area (Å²) in [6.45, 7) is 3.28. The van der Waals surface area contributed by atoms with Crippen LogP contribution in [0.5, 0.6) is 0 Å². The molecule has 1 aromatic carbocycles. The molecule has 7 nitrogen and oxygen atoms in total. The quantitative estimate of drug-likeness (QED) is 0.708. The van der Waals surface area contributed by atoms with Crippen LogP contribution in [0.15, 0.2) is 48.8 Å². The van der Waals surface area contributed by atoms with Crippen molar-refractivity contribution in [2.24, 2.45) is 0 Å². The van der Waals surface area contributed by atoms with E-state index in [0.717, 1.165) is 35.2 Å². The number of carbonyl (C=O) groups is 1. The molecule has 2 aromatic heterocycles. The van der Waals surface area contributed by atoms with Gasteiger partial charge in [0.25, 0.3) is 0 Å². The van der Waals surface area contributed by atoms with Crippen LogP contribution < -0.4 is 5.32 Å². The van der Waals surface area contributed by atoms with Crippen molar-refractivity contribution in [3.63, 3.8) is 0 Å². The Labute approximate surface area is 151 Å². The van der Waals surface area contributed by atoms with Crippen molar-refractivity contribution < 1.29 is 4.79 Å². The predicted molar refractivity (Wildman–Crippen MR) is 101 cm³/mol. The Morgan fingerprint density at radius 3 is 3.08 bits per heavy atom. The molecule has 0 radical (unpaired) electrons. The number of carbonyl (C=O) groups excluding carboxylic acids is 1. The number of rotatable bonds is 4. The lowest BCUT2D eigenvalue weighted by atomic mass is 10.1. The zero-order valence-electron chi connectivity index (χ0n) is 14.5. The zero-order chi connectivity index (χ0) is 17.9. The van der Waals surface area contributed by atoms with E-state index in [9.17, 15) is 4.79 Å². The van der Waals surface area contributed by atoms with Gasteiger partial charge in [-0.05, 0) is 30.9 Å². The molecule has 1 aliphatic heterocycles. The van der Waals surface area contributed by atoms with E-state index in [1.54, 1.807) is 12.2 Å². The average Bonchev–Trinajstić information content (AvgIpc) is 3.34. The van der Waals surface area contributed by atoms with E-state index in [-0.39, 0.29) is 11.9 Å². The van der Waals surface area contributed by atoms with E-state index in [1.165, 1.54) is 6.33 Å². The van der Waals surface area contributed by atoms with Gasteiger partial charge in [0.2, 0.25) is 5.91 Å². The Bertz CT molecular complexity index is 950. The van der Waals surface area contributed by atoms with Crippen molar-refractivity contribution in [3.8, 4) is 11.5 Å². The monoisotopic (exact) mass is 348 g/mol. The summed E-state index contributed by atoms with van der Waals surface area (Å²) in [5.41, 5.74) is 0.739. The van der Waals surface area contributed by atoms with Gasteiger partial charge in [0.15, 0.2) is 5.82 Å². The summed E-state index contributed by atoms with van der Waals surface area (Å²) in [7, 11) is 0. The lowest BCUT2D eigenvalue weighted by Gasteiger charge is -2.17. The molecule has 0 saturated carbocycles. The fraction of sp³-hybridized carbons (Fsp3) is 0.263. The van der Waals surface area contributed by atoms with Crippen molar-refractivity contribution in [1.29, 1.82) is 0 Å². The predicted octanol–water partition coefficient (Wildman–Crippen LogP) is 2.61. The number of hydrogen-bond acceptors (Lipinski definition) is 5. The Morgan fingerprint density at radius 1 is 1.38 bits per heavy atom. The number of amides is 1. The van der Waals surface area contributed by atoms with Crippen LogP contribution in [0.3, 0.4) is 0 Å². The molecular formula is C19H20N6O. The number of likely N-dealkylation sites (tertiary alicyclic amines) is 1. The number of allylic oxidation sites excluding steroid dienone is 1. The molecule has 0 bridgehead atoms. The fourth-order valence-electron chi connectivity index (χ4n) is 3.28. The van der Waals surface area contributed by atoms with Crippen molar-refractivity contribution in [2.45, 2.75) is 19.4 Å². The number of nitrogens with one attached hydrogen (secondary N) is 2. The molecule has 1 atom stereocenters. The smallest absolute Gasteiger partial charge is 0.246 e. The molecule has 1 fully saturated rings. The molecule has 132 valence electrons. The molecule has 1 saturated heterocycles. The first-order valence-corrected chi connectivity index (χ1v) is 8.68. The maximum Gasteiger partial charge on any atom is 0.246 e. The van der Waals surface area contributed by atoms with E-state index >= 15 is 0 Å². The minimum atomic E-state index is 0.0602. The molecule has 7 heteroatoms. The first-order chi connectivity index (χ1) is 12.7. The number of aromatic amines is 1. The SMILES string of the molecule is CC=CC(=O)N1CCC(Nc2nc(-c3ncn[nH]3)cc3ccccc23)C1. The summed E-state index contributed by atoms with van der Waals surface area (Å²) in [4.78, 5) is 22.9. The van der Waals surface area contributed by atoms with Crippen molar-refractivity contribution >= 4 is 22.5 Å². The highest BCUT2D eigenvalue weighted by Gasteiger charge is 2.25. The van der Waals surface area contributed by atoms with Crippen molar-refractivity contribution in [2.75, 3.05) is 18.4 Å². The second-order valence-electron chi connectivity index (χ2n) is 6.33. The number of nitrogens with zero attached hydrogens (tertiary/aromatic N) is 4. The minimum Gasteiger partial charge on any atom is -0.365 e. The first kappa shape index (κ1) is 16.3. The lowest BCUT2D eigenvalue weighted by Crippen LogP contribution is -2.30. The maximum absolute atomic E-state index is 12.0. The van der Waals surface area contributed by atoms with Gasteiger partial charge >= 0.3 is 0 Å². The number of H-pyrrole nitrogens is 1. The maximum atomic E-state index is 12.0. The van der Waals surface area contributed by atoms with Crippen LogP contribution in [-0.2, 0) is 4.79 Å². The van der Waals surface area contributed by atoms with E-state index in [1.807, 2.05) is 36.1 Å². The summed E-state index contributed by atoms with van der Waals surface area (Å²) in [6, 6.07) is 10.3. The van der Waals surface area contributed by atoms with Crippen LogP contribution in [0.4, 0.5) is 5.82 Å². The molecule has 2 N–H and O–H groups in total. The van der Waals surface area contributed by atoms with Crippen LogP contribution in [0.2, 0.25) is 0 Å². The van der Waals surface area contributed by atoms with Crippen LogP contribution in [0.25, 0.3) is 22.3 Å². The number of anilines is 1. The number of aromatic nitrogens is 4. The molecule has 1 unspecified atom stereocenters. The van der Waals surface area contributed by atoms with E-state index in [0.29, 0.717) is 12.4 Å². The average molecular weight is 348 g/mol. The van der Waals surface area contributed by atoms with E-state index in [2.05, 4.69) is 26.6 Å². The van der Waals surface area contributed by atoms with Gasteiger partial charge in [-0.25, -0.2) is 9.97 Å². The molecule has 0 spiro atoms. The third kappa shape index (κ3) is 3.15. The van der Waals surface area contributed by atoms with Gasteiger partial charge in [-0.3, -0.25) is 9.89 Å².